The lowest BCUT2D eigenvalue weighted by Crippen LogP contribution is -2.37. The van der Waals surface area contributed by atoms with E-state index < -0.39 is 0 Å². The Morgan fingerprint density at radius 3 is 2.77 bits per heavy atom. The van der Waals surface area contributed by atoms with E-state index in [2.05, 4.69) is 10.2 Å². The molecule has 1 aromatic rings. The number of aryl methyl sites for hydroxylation is 1. The van der Waals surface area contributed by atoms with Crippen molar-refractivity contribution in [1.82, 2.24) is 10.2 Å². The molecule has 1 aliphatic heterocycles. The summed E-state index contributed by atoms with van der Waals surface area (Å²) in [5, 5.41) is 22.0. The van der Waals surface area contributed by atoms with Crippen LogP contribution in [0.4, 0.5) is 0 Å². The van der Waals surface area contributed by atoms with Crippen molar-refractivity contribution in [2.75, 3.05) is 26.2 Å². The number of rotatable bonds is 6. The van der Waals surface area contributed by atoms with E-state index in [1.807, 2.05) is 19.1 Å². The van der Waals surface area contributed by atoms with Gasteiger partial charge in [-0.05, 0) is 49.9 Å². The lowest BCUT2D eigenvalue weighted by Gasteiger charge is -2.29. The third-order valence-corrected chi connectivity index (χ3v) is 4.17. The fraction of sp³-hybridized carbons (Fsp3) is 0.588. The van der Waals surface area contributed by atoms with Crippen molar-refractivity contribution in [3.8, 4) is 5.75 Å². The number of hydrogen-bond acceptors (Lipinski definition) is 4. The van der Waals surface area contributed by atoms with E-state index in [1.54, 1.807) is 6.07 Å². The van der Waals surface area contributed by atoms with Crippen LogP contribution in [0.3, 0.4) is 0 Å². The Morgan fingerprint density at radius 2 is 2.09 bits per heavy atom. The standard InChI is InChI=1S/C17H26N2O3/c1-13-3-4-14(11-16(13)21)12-17(22)18-7-2-8-19-9-5-15(20)6-10-19/h3-4,11,15,20-21H,2,5-10,12H2,1H3,(H,18,22). The Labute approximate surface area is 131 Å². The van der Waals surface area contributed by atoms with Crippen molar-refractivity contribution in [2.45, 2.75) is 38.7 Å². The molecule has 5 heteroatoms. The molecular weight excluding hydrogens is 280 g/mol. The van der Waals surface area contributed by atoms with Crippen LogP contribution in [0.2, 0.25) is 0 Å². The van der Waals surface area contributed by atoms with Crippen LogP contribution in [-0.4, -0.2) is 53.3 Å². The Balaban J connectivity index is 1.62. The highest BCUT2D eigenvalue weighted by Crippen LogP contribution is 2.17. The maximum atomic E-state index is 11.9. The number of carbonyl (C=O) groups excluding carboxylic acids is 1. The summed E-state index contributed by atoms with van der Waals surface area (Å²) in [6.07, 6.45) is 2.78. The quantitative estimate of drug-likeness (QED) is 0.691. The van der Waals surface area contributed by atoms with E-state index in [-0.39, 0.29) is 17.8 Å². The van der Waals surface area contributed by atoms with Crippen molar-refractivity contribution >= 4 is 5.91 Å². The average molecular weight is 306 g/mol. The van der Waals surface area contributed by atoms with Gasteiger partial charge in [-0.1, -0.05) is 12.1 Å². The van der Waals surface area contributed by atoms with Gasteiger partial charge in [-0.15, -0.1) is 0 Å². The van der Waals surface area contributed by atoms with Crippen molar-refractivity contribution in [3.63, 3.8) is 0 Å². The molecule has 1 saturated heterocycles. The lowest BCUT2D eigenvalue weighted by atomic mass is 10.1. The van der Waals surface area contributed by atoms with Crippen LogP contribution >= 0.6 is 0 Å². The topological polar surface area (TPSA) is 72.8 Å². The smallest absolute Gasteiger partial charge is 0.224 e. The number of hydrogen-bond donors (Lipinski definition) is 3. The van der Waals surface area contributed by atoms with Gasteiger partial charge in [0.05, 0.1) is 12.5 Å². The van der Waals surface area contributed by atoms with Gasteiger partial charge in [-0.3, -0.25) is 4.79 Å². The monoisotopic (exact) mass is 306 g/mol. The van der Waals surface area contributed by atoms with Gasteiger partial charge in [0.2, 0.25) is 5.91 Å². The van der Waals surface area contributed by atoms with Crippen LogP contribution in [0, 0.1) is 6.92 Å². The molecule has 1 aliphatic rings. The summed E-state index contributed by atoms with van der Waals surface area (Å²) in [4.78, 5) is 14.2. The Kier molecular flexibility index (Phi) is 6.21. The Bertz CT molecular complexity index is 497. The van der Waals surface area contributed by atoms with Gasteiger partial charge in [0.25, 0.3) is 0 Å². The molecule has 0 atom stereocenters. The minimum absolute atomic E-state index is 0.0164. The first-order valence-corrected chi connectivity index (χ1v) is 8.00. The first kappa shape index (κ1) is 16.8. The van der Waals surface area contributed by atoms with Gasteiger partial charge in [0, 0.05) is 19.6 Å². The minimum atomic E-state index is -0.137. The molecular formula is C17H26N2O3. The summed E-state index contributed by atoms with van der Waals surface area (Å²) < 4.78 is 0. The number of phenols is 1. The van der Waals surface area contributed by atoms with Gasteiger partial charge in [-0.25, -0.2) is 0 Å². The molecule has 5 nitrogen and oxygen atoms in total. The second kappa shape index (κ2) is 8.15. The molecule has 0 saturated carbocycles. The lowest BCUT2D eigenvalue weighted by molar-refractivity contribution is -0.120. The largest absolute Gasteiger partial charge is 0.508 e. The predicted molar refractivity (Wildman–Crippen MR) is 85.9 cm³/mol. The second-order valence-corrected chi connectivity index (χ2v) is 6.07. The molecule has 0 bridgehead atoms. The van der Waals surface area contributed by atoms with Crippen molar-refractivity contribution in [3.05, 3.63) is 29.3 Å². The van der Waals surface area contributed by atoms with Crippen molar-refractivity contribution in [1.29, 1.82) is 0 Å². The van der Waals surface area contributed by atoms with E-state index in [1.165, 1.54) is 0 Å². The minimum Gasteiger partial charge on any atom is -0.508 e. The van der Waals surface area contributed by atoms with Crippen molar-refractivity contribution in [2.24, 2.45) is 0 Å². The van der Waals surface area contributed by atoms with Crippen molar-refractivity contribution < 1.29 is 15.0 Å². The number of nitrogens with one attached hydrogen (secondary N) is 1. The number of nitrogens with zero attached hydrogens (tertiary/aromatic N) is 1. The van der Waals surface area contributed by atoms with Gasteiger partial charge >= 0.3 is 0 Å². The molecule has 22 heavy (non-hydrogen) atoms. The fourth-order valence-corrected chi connectivity index (χ4v) is 2.69. The molecule has 0 unspecified atom stereocenters. The number of phenolic OH excluding ortho intramolecular Hbond substituents is 1. The summed E-state index contributed by atoms with van der Waals surface area (Å²) >= 11 is 0. The molecule has 1 fully saturated rings. The molecule has 0 aliphatic carbocycles. The van der Waals surface area contributed by atoms with E-state index in [9.17, 15) is 15.0 Å². The zero-order valence-electron chi connectivity index (χ0n) is 13.2. The van der Waals surface area contributed by atoms with E-state index in [4.69, 9.17) is 0 Å². The Hall–Kier alpha value is -1.59. The number of aliphatic hydroxyl groups excluding tert-OH is 1. The average Bonchev–Trinajstić information content (AvgIpc) is 2.49. The molecule has 122 valence electrons. The number of aliphatic hydroxyl groups is 1. The number of amides is 1. The van der Waals surface area contributed by atoms with E-state index in [0.717, 1.165) is 50.0 Å². The number of aromatic hydroxyl groups is 1. The van der Waals surface area contributed by atoms with Gasteiger partial charge in [0.1, 0.15) is 5.75 Å². The van der Waals surface area contributed by atoms with Crippen LogP contribution < -0.4 is 5.32 Å². The fourth-order valence-electron chi connectivity index (χ4n) is 2.69. The maximum absolute atomic E-state index is 11.9. The molecule has 3 N–H and O–H groups in total. The summed E-state index contributed by atoms with van der Waals surface area (Å²) in [6.45, 7) is 5.34. The normalized spacial score (nSPS) is 16.6. The maximum Gasteiger partial charge on any atom is 0.224 e. The zero-order chi connectivity index (χ0) is 15.9. The van der Waals surface area contributed by atoms with Crippen LogP contribution in [0.25, 0.3) is 0 Å². The number of benzene rings is 1. The van der Waals surface area contributed by atoms with E-state index >= 15 is 0 Å². The van der Waals surface area contributed by atoms with Crippen LogP contribution in [0.1, 0.15) is 30.4 Å². The summed E-state index contributed by atoms with van der Waals surface area (Å²) in [6, 6.07) is 5.34. The number of likely N-dealkylation sites (tertiary alicyclic amines) is 1. The van der Waals surface area contributed by atoms with Crippen LogP contribution in [-0.2, 0) is 11.2 Å². The SMILES string of the molecule is Cc1ccc(CC(=O)NCCCN2CCC(O)CC2)cc1O. The zero-order valence-corrected chi connectivity index (χ0v) is 13.2. The van der Waals surface area contributed by atoms with Gasteiger partial charge in [-0.2, -0.15) is 0 Å². The Morgan fingerprint density at radius 1 is 1.36 bits per heavy atom. The molecule has 0 aromatic heterocycles. The highest BCUT2D eigenvalue weighted by atomic mass is 16.3. The second-order valence-electron chi connectivity index (χ2n) is 6.07. The third kappa shape index (κ3) is 5.31. The summed E-state index contributed by atoms with van der Waals surface area (Å²) in [5.74, 6) is 0.218. The molecule has 1 aromatic carbocycles. The highest BCUT2D eigenvalue weighted by Gasteiger charge is 2.16. The van der Waals surface area contributed by atoms with Crippen LogP contribution in [0.5, 0.6) is 5.75 Å². The first-order valence-electron chi connectivity index (χ1n) is 8.00. The van der Waals surface area contributed by atoms with E-state index in [0.29, 0.717) is 13.0 Å². The van der Waals surface area contributed by atoms with Gasteiger partial charge < -0.3 is 20.4 Å². The molecule has 1 amide bonds. The predicted octanol–water partition coefficient (Wildman–Crippen LogP) is 1.21. The molecule has 2 rings (SSSR count). The summed E-state index contributed by atoms with van der Waals surface area (Å²) in [5.41, 5.74) is 1.64. The number of piperidine rings is 1. The third-order valence-electron chi connectivity index (χ3n) is 4.17. The highest BCUT2D eigenvalue weighted by molar-refractivity contribution is 5.78. The molecule has 0 radical (unpaired) electrons. The van der Waals surface area contributed by atoms with Gasteiger partial charge in [0.15, 0.2) is 0 Å². The summed E-state index contributed by atoms with van der Waals surface area (Å²) in [7, 11) is 0. The van der Waals surface area contributed by atoms with Crippen LogP contribution in [0.15, 0.2) is 18.2 Å². The first-order chi connectivity index (χ1) is 10.5. The molecule has 1 heterocycles. The number of carbonyl (C=O) groups is 1. The molecule has 0 spiro atoms.